The minimum atomic E-state index is -0.543. The zero-order chi connectivity index (χ0) is 13.1. The van der Waals surface area contributed by atoms with Crippen molar-refractivity contribution in [1.29, 1.82) is 0 Å². The second-order valence-electron chi connectivity index (χ2n) is 3.76. The number of rotatable bonds is 4. The summed E-state index contributed by atoms with van der Waals surface area (Å²) in [5, 5.41) is 2.53. The lowest BCUT2D eigenvalue weighted by Gasteiger charge is -2.06. The Balaban J connectivity index is 2.33. The second kappa shape index (κ2) is 5.09. The number of carbonyl (C=O) groups excluding carboxylic acids is 1. The molecule has 0 aliphatic heterocycles. The molecule has 2 rings (SSSR count). The third kappa shape index (κ3) is 2.45. The minimum Gasteiger partial charge on any atom is -0.497 e. The van der Waals surface area contributed by atoms with E-state index in [1.807, 2.05) is 22.8 Å². The van der Waals surface area contributed by atoms with E-state index >= 15 is 0 Å². The van der Waals surface area contributed by atoms with Crippen LogP contribution in [0.4, 0.5) is 4.79 Å². The van der Waals surface area contributed by atoms with Crippen molar-refractivity contribution in [3.63, 3.8) is 0 Å². The van der Waals surface area contributed by atoms with Gasteiger partial charge in [-0.3, -0.25) is 0 Å². The molecule has 0 saturated heterocycles. The summed E-state index contributed by atoms with van der Waals surface area (Å²) in [6.07, 6.45) is 0. The molecule has 0 atom stereocenters. The fraction of sp³-hybridized carbons (Fsp3) is 0.273. The number of carbonyl (C=O) groups is 1. The molecule has 4 N–H and O–H groups in total. The summed E-state index contributed by atoms with van der Waals surface area (Å²) < 4.78 is 7.67. The molecule has 6 nitrogen and oxygen atoms in total. The number of ether oxygens (including phenoxy) is 1. The number of hydrogen-bond acceptors (Lipinski definition) is 3. The fourth-order valence-electron chi connectivity index (χ4n) is 1.77. The molecule has 96 valence electrons. The van der Waals surface area contributed by atoms with E-state index < -0.39 is 6.03 Å². The molecule has 0 saturated carbocycles. The summed E-state index contributed by atoms with van der Waals surface area (Å²) >= 11 is 5.23. The lowest BCUT2D eigenvalue weighted by molar-refractivity contribution is 0.248. The molecule has 7 heteroatoms. The van der Waals surface area contributed by atoms with E-state index in [9.17, 15) is 4.79 Å². The first-order chi connectivity index (χ1) is 8.61. The Morgan fingerprint density at radius 3 is 3.06 bits per heavy atom. The highest BCUT2D eigenvalue weighted by atomic mass is 32.1. The number of primary amides is 1. The number of amides is 2. The van der Waals surface area contributed by atoms with Gasteiger partial charge < -0.3 is 25.3 Å². The number of hydrogen-bond donors (Lipinski definition) is 3. The van der Waals surface area contributed by atoms with Gasteiger partial charge >= 0.3 is 6.03 Å². The minimum absolute atomic E-state index is 0.424. The summed E-state index contributed by atoms with van der Waals surface area (Å²) in [7, 11) is 1.61. The number of aromatic nitrogens is 2. The largest absolute Gasteiger partial charge is 0.497 e. The Bertz CT molecular complexity index is 631. The summed E-state index contributed by atoms with van der Waals surface area (Å²) in [5.41, 5.74) is 6.88. The van der Waals surface area contributed by atoms with Crippen LogP contribution < -0.4 is 15.8 Å². The Morgan fingerprint density at radius 2 is 2.39 bits per heavy atom. The van der Waals surface area contributed by atoms with E-state index in [1.54, 1.807) is 7.11 Å². The van der Waals surface area contributed by atoms with Crippen LogP contribution in [0, 0.1) is 4.77 Å². The van der Waals surface area contributed by atoms with Gasteiger partial charge in [0.15, 0.2) is 4.77 Å². The molecular weight excluding hydrogens is 252 g/mol. The van der Waals surface area contributed by atoms with Crippen LogP contribution in [-0.2, 0) is 6.54 Å². The standard InChI is InChI=1S/C11H14N4O2S/c1-17-7-2-3-8-9(6-7)15(11(18)14-8)5-4-13-10(12)16/h2-3,6H,4-5H2,1H3,(H,14,18)(H3,12,13,16). The van der Waals surface area contributed by atoms with Crippen LogP contribution in [0.5, 0.6) is 5.75 Å². The maximum absolute atomic E-state index is 10.6. The van der Waals surface area contributed by atoms with Crippen molar-refractivity contribution in [2.45, 2.75) is 6.54 Å². The molecule has 1 heterocycles. The highest BCUT2D eigenvalue weighted by Gasteiger charge is 2.05. The zero-order valence-corrected chi connectivity index (χ0v) is 10.7. The van der Waals surface area contributed by atoms with Crippen LogP contribution in [0.1, 0.15) is 0 Å². The molecule has 0 fully saturated rings. The second-order valence-corrected chi connectivity index (χ2v) is 4.14. The van der Waals surface area contributed by atoms with Gasteiger partial charge in [0.1, 0.15) is 5.75 Å². The van der Waals surface area contributed by atoms with E-state index in [0.29, 0.717) is 17.9 Å². The average Bonchev–Trinajstić information content (AvgIpc) is 2.64. The van der Waals surface area contributed by atoms with Gasteiger partial charge in [0, 0.05) is 19.2 Å². The number of H-pyrrole nitrogens is 1. The predicted molar refractivity (Wildman–Crippen MR) is 71.3 cm³/mol. The van der Waals surface area contributed by atoms with Gasteiger partial charge in [-0.05, 0) is 24.4 Å². The van der Waals surface area contributed by atoms with Crippen LogP contribution in [0.15, 0.2) is 18.2 Å². The van der Waals surface area contributed by atoms with Crippen LogP contribution in [-0.4, -0.2) is 29.2 Å². The van der Waals surface area contributed by atoms with Crippen molar-refractivity contribution >= 4 is 29.3 Å². The van der Waals surface area contributed by atoms with E-state index in [0.717, 1.165) is 16.8 Å². The number of benzene rings is 1. The molecule has 0 radical (unpaired) electrons. The number of nitrogens with one attached hydrogen (secondary N) is 2. The van der Waals surface area contributed by atoms with Crippen molar-refractivity contribution < 1.29 is 9.53 Å². The van der Waals surface area contributed by atoms with Gasteiger partial charge in [0.25, 0.3) is 0 Å². The normalized spacial score (nSPS) is 10.5. The lowest BCUT2D eigenvalue weighted by Crippen LogP contribution is -2.32. The number of methoxy groups -OCH3 is 1. The Labute approximate surface area is 109 Å². The quantitative estimate of drug-likeness (QED) is 0.731. The zero-order valence-electron chi connectivity index (χ0n) is 9.90. The van der Waals surface area contributed by atoms with E-state index in [1.165, 1.54) is 0 Å². The molecule has 0 bridgehead atoms. The van der Waals surface area contributed by atoms with Crippen LogP contribution in [0.3, 0.4) is 0 Å². The van der Waals surface area contributed by atoms with Crippen LogP contribution >= 0.6 is 12.2 Å². The monoisotopic (exact) mass is 266 g/mol. The molecule has 18 heavy (non-hydrogen) atoms. The van der Waals surface area contributed by atoms with Crippen LogP contribution in [0.25, 0.3) is 11.0 Å². The van der Waals surface area contributed by atoms with Gasteiger partial charge in [0.2, 0.25) is 0 Å². The smallest absolute Gasteiger partial charge is 0.312 e. The molecule has 2 amide bonds. The van der Waals surface area contributed by atoms with Crippen molar-refractivity contribution in [3.05, 3.63) is 23.0 Å². The van der Waals surface area contributed by atoms with Crippen molar-refractivity contribution in [2.75, 3.05) is 13.7 Å². The fourth-order valence-corrected chi connectivity index (χ4v) is 2.07. The maximum Gasteiger partial charge on any atom is 0.312 e. The molecular formula is C11H14N4O2S. The third-order valence-corrected chi connectivity index (χ3v) is 2.94. The number of nitrogens with two attached hydrogens (primary N) is 1. The summed E-state index contributed by atoms with van der Waals surface area (Å²) in [6, 6.07) is 5.12. The van der Waals surface area contributed by atoms with Gasteiger partial charge in [0.05, 0.1) is 18.1 Å². The molecule has 0 unspecified atom stereocenters. The first kappa shape index (κ1) is 12.4. The van der Waals surface area contributed by atoms with Crippen molar-refractivity contribution in [3.8, 4) is 5.75 Å². The molecule has 1 aromatic heterocycles. The molecule has 0 spiro atoms. The molecule has 0 aliphatic carbocycles. The SMILES string of the molecule is COc1ccc2[nH]c(=S)n(CCNC(N)=O)c2c1. The maximum atomic E-state index is 10.6. The Hall–Kier alpha value is -2.02. The first-order valence-corrected chi connectivity index (χ1v) is 5.82. The van der Waals surface area contributed by atoms with Gasteiger partial charge in [-0.25, -0.2) is 4.79 Å². The predicted octanol–water partition coefficient (Wildman–Crippen LogP) is 1.38. The van der Waals surface area contributed by atoms with E-state index in [4.69, 9.17) is 22.7 Å². The highest BCUT2D eigenvalue weighted by molar-refractivity contribution is 7.71. The van der Waals surface area contributed by atoms with E-state index in [-0.39, 0.29) is 0 Å². The number of urea groups is 1. The topological polar surface area (TPSA) is 85.1 Å². The Kier molecular flexibility index (Phi) is 3.52. The van der Waals surface area contributed by atoms with Gasteiger partial charge in [-0.1, -0.05) is 0 Å². The van der Waals surface area contributed by atoms with Crippen LogP contribution in [0.2, 0.25) is 0 Å². The van der Waals surface area contributed by atoms with Crippen molar-refractivity contribution in [2.24, 2.45) is 5.73 Å². The van der Waals surface area contributed by atoms with E-state index in [2.05, 4.69) is 10.3 Å². The highest BCUT2D eigenvalue weighted by Crippen LogP contribution is 2.20. The summed E-state index contributed by atoms with van der Waals surface area (Å²) in [4.78, 5) is 13.7. The van der Waals surface area contributed by atoms with Gasteiger partial charge in [-0.15, -0.1) is 0 Å². The molecule has 2 aromatic rings. The number of aromatic amines is 1. The number of nitrogens with zero attached hydrogens (tertiary/aromatic N) is 1. The Morgan fingerprint density at radius 1 is 1.61 bits per heavy atom. The molecule has 0 aliphatic rings. The summed E-state index contributed by atoms with van der Waals surface area (Å²) in [5.74, 6) is 0.758. The molecule has 1 aromatic carbocycles. The van der Waals surface area contributed by atoms with Gasteiger partial charge in [-0.2, -0.15) is 0 Å². The number of fused-ring (bicyclic) bond motifs is 1. The number of imidazole rings is 1. The third-order valence-electron chi connectivity index (χ3n) is 2.62. The van der Waals surface area contributed by atoms with Crippen molar-refractivity contribution in [1.82, 2.24) is 14.9 Å². The average molecular weight is 266 g/mol. The first-order valence-electron chi connectivity index (χ1n) is 5.41. The lowest BCUT2D eigenvalue weighted by atomic mass is 10.3. The summed E-state index contributed by atoms with van der Waals surface area (Å²) in [6.45, 7) is 0.975.